The molecule has 0 fully saturated rings. The van der Waals surface area contributed by atoms with Crippen molar-refractivity contribution in [3.05, 3.63) is 52.5 Å². The van der Waals surface area contributed by atoms with Gasteiger partial charge in [0.15, 0.2) is 0 Å². The van der Waals surface area contributed by atoms with Crippen molar-refractivity contribution in [3.8, 4) is 0 Å². The van der Waals surface area contributed by atoms with Crippen LogP contribution in [0.1, 0.15) is 9.67 Å². The third-order valence-corrected chi connectivity index (χ3v) is 3.38. The fraction of sp³-hybridized carbons (Fsp3) is 0.0769. The lowest BCUT2D eigenvalue weighted by molar-refractivity contribution is -0.121. The van der Waals surface area contributed by atoms with Gasteiger partial charge in [-0.3, -0.25) is 4.79 Å². The summed E-state index contributed by atoms with van der Waals surface area (Å²) in [6.07, 6.45) is 0. The molecule has 7 heteroatoms. The monoisotopic (exact) mass is 313 g/mol. The van der Waals surface area contributed by atoms with E-state index in [1.54, 1.807) is 17.5 Å². The maximum absolute atomic E-state index is 12.9. The van der Waals surface area contributed by atoms with Crippen molar-refractivity contribution in [2.75, 3.05) is 10.9 Å². The van der Waals surface area contributed by atoms with Crippen molar-refractivity contribution in [2.45, 2.75) is 0 Å². The number of hydroxylamine groups is 1. The second kappa shape index (κ2) is 6.49. The summed E-state index contributed by atoms with van der Waals surface area (Å²) in [5, 5.41) is 2.47. The zero-order valence-electron chi connectivity index (χ0n) is 10.1. The Morgan fingerprint density at radius 3 is 2.50 bits per heavy atom. The molecule has 0 bridgehead atoms. The first-order chi connectivity index (χ1) is 9.61. The first-order valence-electron chi connectivity index (χ1n) is 5.52. The lowest BCUT2D eigenvalue weighted by Gasteiger charge is -2.19. The number of amides is 1. The molecule has 0 atom stereocenters. The van der Waals surface area contributed by atoms with Crippen LogP contribution in [0.25, 0.3) is 0 Å². The summed E-state index contributed by atoms with van der Waals surface area (Å²) >= 11 is 6.67. The second-order valence-corrected chi connectivity index (χ2v) is 4.87. The summed E-state index contributed by atoms with van der Waals surface area (Å²) in [5.41, 5.74) is 0.224. The van der Waals surface area contributed by atoms with E-state index in [-0.39, 0.29) is 11.6 Å². The Hall–Kier alpha value is -1.92. The Morgan fingerprint density at radius 2 is 1.95 bits per heavy atom. The van der Waals surface area contributed by atoms with Crippen LogP contribution in [0.3, 0.4) is 0 Å². The Bertz CT molecular complexity index is 601. The van der Waals surface area contributed by atoms with Crippen LogP contribution in [0, 0.1) is 5.82 Å². The van der Waals surface area contributed by atoms with Gasteiger partial charge in [-0.2, -0.15) is 0 Å². The largest absolute Gasteiger partial charge is 0.373 e. The number of benzene rings is 1. The minimum Gasteiger partial charge on any atom is -0.327 e. The number of nitrogens with zero attached hydrogens (tertiary/aromatic N) is 1. The van der Waals surface area contributed by atoms with Gasteiger partial charge in [0.1, 0.15) is 16.6 Å². The number of halogens is 2. The molecule has 20 heavy (non-hydrogen) atoms. The van der Waals surface area contributed by atoms with Crippen molar-refractivity contribution in [1.82, 2.24) is 0 Å². The standard InChI is InChI=1S/C13H9ClFNO3S/c14-8-12(17)16(10-5-3-9(15)4-6-10)19-13(18)11-2-1-7-20-11/h1-7H,8H2. The second-order valence-electron chi connectivity index (χ2n) is 3.65. The van der Waals surface area contributed by atoms with E-state index in [1.165, 1.54) is 23.5 Å². The quantitative estimate of drug-likeness (QED) is 0.645. The first-order valence-corrected chi connectivity index (χ1v) is 6.93. The molecule has 2 rings (SSSR count). The summed E-state index contributed by atoms with van der Waals surface area (Å²) in [4.78, 5) is 29.0. The molecular formula is C13H9ClFNO3S. The van der Waals surface area contributed by atoms with Crippen molar-refractivity contribution in [2.24, 2.45) is 0 Å². The molecular weight excluding hydrogens is 305 g/mol. The third kappa shape index (κ3) is 3.34. The maximum atomic E-state index is 12.9. The maximum Gasteiger partial charge on any atom is 0.373 e. The number of thiophene rings is 1. The van der Waals surface area contributed by atoms with E-state index in [0.29, 0.717) is 4.88 Å². The van der Waals surface area contributed by atoms with E-state index < -0.39 is 17.7 Å². The molecule has 4 nitrogen and oxygen atoms in total. The van der Waals surface area contributed by atoms with Crippen LogP contribution >= 0.6 is 22.9 Å². The fourth-order valence-electron chi connectivity index (χ4n) is 1.40. The molecule has 0 saturated carbocycles. The van der Waals surface area contributed by atoms with E-state index in [9.17, 15) is 14.0 Å². The molecule has 0 spiro atoms. The highest BCUT2D eigenvalue weighted by molar-refractivity contribution is 7.11. The van der Waals surface area contributed by atoms with Crippen LogP contribution in [0.2, 0.25) is 0 Å². The Morgan fingerprint density at radius 1 is 1.25 bits per heavy atom. The van der Waals surface area contributed by atoms with Gasteiger partial charge in [-0.05, 0) is 35.7 Å². The van der Waals surface area contributed by atoms with Crippen molar-refractivity contribution in [1.29, 1.82) is 0 Å². The Balaban J connectivity index is 2.22. The molecule has 1 amide bonds. The lowest BCUT2D eigenvalue weighted by atomic mass is 10.3. The van der Waals surface area contributed by atoms with Crippen molar-refractivity contribution < 1.29 is 18.8 Å². The minimum atomic E-state index is -0.678. The number of rotatable bonds is 3. The lowest BCUT2D eigenvalue weighted by Crippen LogP contribution is -2.34. The Kier molecular flexibility index (Phi) is 4.70. The Labute approximate surface area is 123 Å². The van der Waals surface area contributed by atoms with E-state index in [4.69, 9.17) is 16.4 Å². The molecule has 1 heterocycles. The molecule has 0 radical (unpaired) electrons. The molecule has 2 aromatic rings. The molecule has 0 aliphatic carbocycles. The summed E-state index contributed by atoms with van der Waals surface area (Å²) in [6.45, 7) is 0. The highest BCUT2D eigenvalue weighted by Crippen LogP contribution is 2.18. The summed E-state index contributed by atoms with van der Waals surface area (Å²) in [7, 11) is 0. The molecule has 104 valence electrons. The summed E-state index contributed by atoms with van der Waals surface area (Å²) in [6, 6.07) is 8.21. The van der Waals surface area contributed by atoms with Crippen LogP contribution in [-0.4, -0.2) is 17.8 Å². The smallest absolute Gasteiger partial charge is 0.327 e. The van der Waals surface area contributed by atoms with E-state index in [2.05, 4.69) is 0 Å². The zero-order chi connectivity index (χ0) is 14.5. The topological polar surface area (TPSA) is 46.6 Å². The van der Waals surface area contributed by atoms with Crippen molar-refractivity contribution in [3.63, 3.8) is 0 Å². The first kappa shape index (κ1) is 14.5. The van der Waals surface area contributed by atoms with Crippen LogP contribution < -0.4 is 5.06 Å². The molecule has 0 N–H and O–H groups in total. The van der Waals surface area contributed by atoms with Gasteiger partial charge < -0.3 is 4.84 Å². The van der Waals surface area contributed by atoms with E-state index in [1.807, 2.05) is 0 Å². The van der Waals surface area contributed by atoms with Gasteiger partial charge in [0.25, 0.3) is 5.91 Å². The van der Waals surface area contributed by atoms with E-state index >= 15 is 0 Å². The molecule has 0 unspecified atom stereocenters. The fourth-order valence-corrected chi connectivity index (χ4v) is 2.10. The van der Waals surface area contributed by atoms with E-state index in [0.717, 1.165) is 17.2 Å². The molecule has 0 saturated heterocycles. The van der Waals surface area contributed by atoms with Gasteiger partial charge in [0.2, 0.25) is 0 Å². The highest BCUT2D eigenvalue weighted by Gasteiger charge is 2.21. The van der Waals surface area contributed by atoms with Gasteiger partial charge in [-0.25, -0.2) is 9.18 Å². The SMILES string of the molecule is O=C(ON(C(=O)CCl)c1ccc(F)cc1)c1cccs1. The molecule has 1 aromatic heterocycles. The zero-order valence-corrected chi connectivity index (χ0v) is 11.7. The molecule has 0 aliphatic heterocycles. The predicted molar refractivity (Wildman–Crippen MR) is 74.3 cm³/mol. The van der Waals surface area contributed by atoms with Gasteiger partial charge >= 0.3 is 5.97 Å². The number of carbonyl (C=O) groups is 2. The number of anilines is 1. The van der Waals surface area contributed by atoms with Gasteiger partial charge in [0, 0.05) is 0 Å². The predicted octanol–water partition coefficient (Wildman–Crippen LogP) is 3.23. The minimum absolute atomic E-state index is 0.224. The van der Waals surface area contributed by atoms with Gasteiger partial charge in [-0.1, -0.05) is 6.07 Å². The van der Waals surface area contributed by atoms with Crippen LogP contribution in [0.4, 0.5) is 10.1 Å². The summed E-state index contributed by atoms with van der Waals surface area (Å²) in [5.74, 6) is -2.13. The van der Waals surface area contributed by atoms with Crippen LogP contribution in [0.15, 0.2) is 41.8 Å². The highest BCUT2D eigenvalue weighted by atomic mass is 35.5. The number of carbonyl (C=O) groups excluding carboxylic acids is 2. The number of hydrogen-bond donors (Lipinski definition) is 0. The summed E-state index contributed by atoms with van der Waals surface area (Å²) < 4.78 is 12.9. The van der Waals surface area contributed by atoms with Crippen molar-refractivity contribution >= 4 is 40.5 Å². The van der Waals surface area contributed by atoms with Crippen LogP contribution in [-0.2, 0) is 9.63 Å². The van der Waals surface area contributed by atoms with Gasteiger partial charge in [-0.15, -0.1) is 28.0 Å². The molecule has 0 aliphatic rings. The number of alkyl halides is 1. The average Bonchev–Trinajstić information content (AvgIpc) is 2.99. The number of hydrogen-bond acceptors (Lipinski definition) is 4. The molecule has 1 aromatic carbocycles. The average molecular weight is 314 g/mol. The van der Waals surface area contributed by atoms with Crippen LogP contribution in [0.5, 0.6) is 0 Å². The third-order valence-electron chi connectivity index (χ3n) is 2.30. The van der Waals surface area contributed by atoms with Gasteiger partial charge in [0.05, 0.1) is 5.69 Å². The normalized spacial score (nSPS) is 10.1.